The molecule has 0 saturated heterocycles. The molecule has 0 aliphatic heterocycles. The SMILES string of the molecule is N=C([OH2+])C(Cl)Cl. The summed E-state index contributed by atoms with van der Waals surface area (Å²) in [5.74, 6) is -0.460. The monoisotopic (exact) mass is 128 g/mol. The van der Waals surface area contributed by atoms with Gasteiger partial charge in [0, 0.05) is 0 Å². The highest BCUT2D eigenvalue weighted by molar-refractivity contribution is 6.53. The molecule has 0 heterocycles. The van der Waals surface area contributed by atoms with Crippen molar-refractivity contribution in [3.05, 3.63) is 0 Å². The van der Waals surface area contributed by atoms with Crippen molar-refractivity contribution in [1.82, 2.24) is 0 Å². The van der Waals surface area contributed by atoms with E-state index in [0.29, 0.717) is 0 Å². The molecule has 3 N–H and O–H groups in total. The van der Waals surface area contributed by atoms with E-state index in [1.807, 2.05) is 0 Å². The van der Waals surface area contributed by atoms with Gasteiger partial charge < -0.3 is 5.11 Å². The molecule has 4 heteroatoms. The number of nitrogens with one attached hydrogen (secondary N) is 1. The summed E-state index contributed by atoms with van der Waals surface area (Å²) in [6.07, 6.45) is 0. The van der Waals surface area contributed by atoms with E-state index >= 15 is 0 Å². The van der Waals surface area contributed by atoms with Crippen molar-refractivity contribution in [3.63, 3.8) is 0 Å². The first-order valence-corrected chi connectivity index (χ1v) is 2.10. The van der Waals surface area contributed by atoms with E-state index in [4.69, 9.17) is 33.7 Å². The molecule has 36 valence electrons. The number of hydrogen-bond donors (Lipinski definition) is 1. The van der Waals surface area contributed by atoms with Gasteiger partial charge in [-0.25, -0.2) is 5.41 Å². The van der Waals surface area contributed by atoms with Crippen molar-refractivity contribution in [3.8, 4) is 0 Å². The Morgan fingerprint density at radius 2 is 1.83 bits per heavy atom. The molecule has 0 aromatic rings. The Morgan fingerprint density at radius 1 is 1.67 bits per heavy atom. The number of rotatable bonds is 1. The fourth-order valence-electron chi connectivity index (χ4n) is 0. The molecule has 0 fully saturated rings. The van der Waals surface area contributed by atoms with Gasteiger partial charge in [-0.05, 0) is 0 Å². The summed E-state index contributed by atoms with van der Waals surface area (Å²) in [6, 6.07) is 0. The number of halogens is 2. The maximum Gasteiger partial charge on any atom is 0.357 e. The Labute approximate surface area is 45.2 Å². The summed E-state index contributed by atoms with van der Waals surface area (Å²) in [7, 11) is 0. The third-order valence-corrected chi connectivity index (χ3v) is 0.655. The molecular weight excluding hydrogens is 125 g/mol. The quantitative estimate of drug-likeness (QED) is 0.232. The lowest BCUT2D eigenvalue weighted by Gasteiger charge is -1.83. The lowest BCUT2D eigenvalue weighted by Crippen LogP contribution is -2.02. The van der Waals surface area contributed by atoms with Crippen molar-refractivity contribution in [2.24, 2.45) is 0 Å². The van der Waals surface area contributed by atoms with Gasteiger partial charge in [0.1, 0.15) is 0 Å². The second-order valence-corrected chi connectivity index (χ2v) is 1.81. The first-order chi connectivity index (χ1) is 2.64. The fourth-order valence-corrected chi connectivity index (χ4v) is 0. The highest BCUT2D eigenvalue weighted by Crippen LogP contribution is 1.99. The van der Waals surface area contributed by atoms with Crippen molar-refractivity contribution >= 4 is 29.1 Å². The molecule has 0 aliphatic carbocycles. The second kappa shape index (κ2) is 2.26. The molecule has 0 spiro atoms. The maximum atomic E-state index is 6.35. The van der Waals surface area contributed by atoms with Gasteiger partial charge in [-0.1, -0.05) is 23.2 Å². The topological polar surface area (TPSA) is 46.8 Å². The summed E-state index contributed by atoms with van der Waals surface area (Å²) in [6.45, 7) is 0. The Bertz CT molecular complexity index is 62.6. The Balaban J connectivity index is 3.26. The lowest BCUT2D eigenvalue weighted by molar-refractivity contribution is 0.539. The van der Waals surface area contributed by atoms with Crippen molar-refractivity contribution in [1.29, 1.82) is 5.41 Å². The summed E-state index contributed by atoms with van der Waals surface area (Å²) in [5.41, 5.74) is 0. The minimum Gasteiger partial charge on any atom is -0.580 e. The average molecular weight is 129 g/mol. The van der Waals surface area contributed by atoms with Crippen LogP contribution in [0, 0.1) is 5.41 Å². The molecule has 2 nitrogen and oxygen atoms in total. The minimum atomic E-state index is -0.954. The zero-order valence-corrected chi connectivity index (χ0v) is 4.35. The van der Waals surface area contributed by atoms with Crippen LogP contribution in [0.25, 0.3) is 0 Å². The van der Waals surface area contributed by atoms with Crippen LogP contribution in [0.4, 0.5) is 0 Å². The van der Waals surface area contributed by atoms with Crippen LogP contribution in [-0.4, -0.2) is 15.8 Å². The maximum absolute atomic E-state index is 6.35. The molecule has 6 heavy (non-hydrogen) atoms. The third kappa shape index (κ3) is 2.30. The predicted molar refractivity (Wildman–Crippen MR) is 26.8 cm³/mol. The van der Waals surface area contributed by atoms with Crippen LogP contribution in [0.2, 0.25) is 0 Å². The molecule has 0 radical (unpaired) electrons. The van der Waals surface area contributed by atoms with Gasteiger partial charge in [-0.2, -0.15) is 0 Å². The van der Waals surface area contributed by atoms with Crippen LogP contribution in [0.3, 0.4) is 0 Å². The second-order valence-electron chi connectivity index (χ2n) is 0.714. The van der Waals surface area contributed by atoms with Crippen LogP contribution in [0.5, 0.6) is 0 Å². The standard InChI is InChI=1S/C2H3Cl2NO/c3-1(4)2(5)6/h1H,(H2,5,6)/p+1. The van der Waals surface area contributed by atoms with Crippen LogP contribution < -0.4 is 0 Å². The van der Waals surface area contributed by atoms with Gasteiger partial charge in [0.05, 0.1) is 0 Å². The molecule has 0 aromatic carbocycles. The van der Waals surface area contributed by atoms with E-state index in [1.54, 1.807) is 0 Å². The van der Waals surface area contributed by atoms with Crippen molar-refractivity contribution in [2.75, 3.05) is 0 Å². The molecule has 0 unspecified atom stereocenters. The molecule has 0 rings (SSSR count). The molecule has 0 aromatic heterocycles. The summed E-state index contributed by atoms with van der Waals surface area (Å²) in [5, 5.41) is 12.7. The highest BCUT2D eigenvalue weighted by Gasteiger charge is 2.07. The van der Waals surface area contributed by atoms with Crippen LogP contribution >= 0.6 is 23.2 Å². The molecule has 0 bridgehead atoms. The number of alkyl halides is 2. The van der Waals surface area contributed by atoms with Crippen LogP contribution in [0.1, 0.15) is 0 Å². The van der Waals surface area contributed by atoms with E-state index in [1.165, 1.54) is 0 Å². The summed E-state index contributed by atoms with van der Waals surface area (Å²) in [4.78, 5) is -0.954. The Morgan fingerprint density at radius 3 is 1.83 bits per heavy atom. The van der Waals surface area contributed by atoms with Crippen LogP contribution in [-0.2, 0) is 0 Å². The first kappa shape index (κ1) is 6.05. The van der Waals surface area contributed by atoms with E-state index in [-0.39, 0.29) is 0 Å². The van der Waals surface area contributed by atoms with E-state index in [9.17, 15) is 0 Å². The molecule has 0 aliphatic rings. The first-order valence-electron chi connectivity index (χ1n) is 1.23. The van der Waals surface area contributed by atoms with Gasteiger partial charge in [0.2, 0.25) is 4.84 Å². The summed E-state index contributed by atoms with van der Waals surface area (Å²) >= 11 is 9.93. The van der Waals surface area contributed by atoms with Gasteiger partial charge in [0.15, 0.2) is 0 Å². The largest absolute Gasteiger partial charge is 0.580 e. The van der Waals surface area contributed by atoms with Crippen LogP contribution in [0.15, 0.2) is 0 Å². The van der Waals surface area contributed by atoms with Gasteiger partial charge >= 0.3 is 5.90 Å². The lowest BCUT2D eigenvalue weighted by atomic mass is 10.8. The fraction of sp³-hybridized carbons (Fsp3) is 0.500. The molecular formula is C2H4Cl2NO+. The van der Waals surface area contributed by atoms with Gasteiger partial charge in [-0.3, -0.25) is 0 Å². The zero-order valence-electron chi connectivity index (χ0n) is 2.83. The Hall–Kier alpha value is 0.0500. The molecule has 0 saturated carbocycles. The zero-order chi connectivity index (χ0) is 5.15. The Kier molecular flexibility index (Phi) is 2.28. The molecule has 0 amide bonds. The van der Waals surface area contributed by atoms with Gasteiger partial charge in [0.25, 0.3) is 0 Å². The minimum absolute atomic E-state index is 0.460. The van der Waals surface area contributed by atoms with Gasteiger partial charge in [-0.15, -0.1) is 0 Å². The summed E-state index contributed by atoms with van der Waals surface area (Å²) < 4.78 is 0. The van der Waals surface area contributed by atoms with E-state index in [0.717, 1.165) is 0 Å². The predicted octanol–water partition coefficient (Wildman–Crippen LogP) is 0.492. The van der Waals surface area contributed by atoms with Crippen molar-refractivity contribution in [2.45, 2.75) is 4.84 Å². The smallest absolute Gasteiger partial charge is 0.357 e. The normalized spacial score (nSPS) is 9.17. The van der Waals surface area contributed by atoms with Crippen molar-refractivity contribution < 1.29 is 5.11 Å². The highest BCUT2D eigenvalue weighted by atomic mass is 35.5. The molecule has 0 atom stereocenters. The van der Waals surface area contributed by atoms with E-state index < -0.39 is 10.7 Å². The number of hydrogen-bond acceptors (Lipinski definition) is 1. The third-order valence-electron chi connectivity index (χ3n) is 0.218. The van der Waals surface area contributed by atoms with E-state index in [2.05, 4.69) is 0 Å². The average Bonchev–Trinajstić information content (AvgIpc) is 1.36.